The van der Waals surface area contributed by atoms with Crippen molar-refractivity contribution in [1.82, 2.24) is 9.97 Å². The number of nitrogens with one attached hydrogen (secondary N) is 1. The van der Waals surface area contributed by atoms with Crippen LogP contribution in [0.3, 0.4) is 0 Å². The molecule has 2 heterocycles. The molecule has 0 amide bonds. The van der Waals surface area contributed by atoms with Gasteiger partial charge in [-0.05, 0) is 23.3 Å². The minimum Gasteiger partial charge on any atom is -0.311 e. The van der Waals surface area contributed by atoms with Gasteiger partial charge in [-0.2, -0.15) is 16.7 Å². The Morgan fingerprint density at radius 1 is 1.71 bits per heavy atom. The topological polar surface area (TPSA) is 45.8 Å². The number of hydrogen-bond acceptors (Lipinski definition) is 3. The van der Waals surface area contributed by atoms with Crippen molar-refractivity contribution in [2.24, 2.45) is 5.41 Å². The predicted molar refractivity (Wildman–Crippen MR) is 59.0 cm³/mol. The van der Waals surface area contributed by atoms with Crippen LogP contribution in [0.2, 0.25) is 5.02 Å². The third-order valence-corrected chi connectivity index (χ3v) is 4.46. The molecule has 1 saturated heterocycles. The van der Waals surface area contributed by atoms with Crippen LogP contribution in [0.4, 0.5) is 0 Å². The third-order valence-electron chi connectivity index (χ3n) is 2.33. The fourth-order valence-corrected chi connectivity index (χ4v) is 2.77. The van der Waals surface area contributed by atoms with E-state index in [1.54, 1.807) is 0 Å². The Morgan fingerprint density at radius 2 is 2.43 bits per heavy atom. The minimum absolute atomic E-state index is 0.273. The van der Waals surface area contributed by atoms with Crippen molar-refractivity contribution in [3.05, 3.63) is 27.4 Å². The van der Waals surface area contributed by atoms with Crippen molar-refractivity contribution < 1.29 is 0 Å². The maximum Gasteiger partial charge on any atom is 0.345 e. The molecule has 3 nitrogen and oxygen atoms in total. The van der Waals surface area contributed by atoms with Crippen LogP contribution < -0.4 is 5.69 Å². The summed E-state index contributed by atoms with van der Waals surface area (Å²) in [6.45, 7) is 2.20. The maximum atomic E-state index is 11.0. The summed E-state index contributed by atoms with van der Waals surface area (Å²) < 4.78 is 0. The quantitative estimate of drug-likeness (QED) is 0.842. The number of thioether (sulfide) groups is 1. The lowest BCUT2D eigenvalue weighted by molar-refractivity contribution is 0.399. The Balaban J connectivity index is 2.23. The number of halogens is 1. The van der Waals surface area contributed by atoms with Crippen molar-refractivity contribution in [1.29, 1.82) is 0 Å². The molecule has 0 atom stereocenters. The highest BCUT2D eigenvalue weighted by atomic mass is 35.5. The Labute approximate surface area is 91.3 Å². The molecule has 0 radical (unpaired) electrons. The number of aromatic nitrogens is 2. The second-order valence-electron chi connectivity index (χ2n) is 3.98. The number of aromatic amines is 1. The monoisotopic (exact) mass is 230 g/mol. The molecule has 1 fully saturated rings. The van der Waals surface area contributed by atoms with Crippen molar-refractivity contribution in [2.75, 3.05) is 11.5 Å². The second kappa shape index (κ2) is 3.59. The smallest absolute Gasteiger partial charge is 0.311 e. The van der Waals surface area contributed by atoms with Gasteiger partial charge in [-0.25, -0.2) is 4.79 Å². The minimum atomic E-state index is -0.319. The number of hydrogen-bond donors (Lipinski definition) is 1. The first-order valence-electron chi connectivity index (χ1n) is 4.41. The molecule has 0 aromatic carbocycles. The van der Waals surface area contributed by atoms with Crippen molar-refractivity contribution >= 4 is 23.4 Å². The van der Waals surface area contributed by atoms with E-state index in [1.165, 1.54) is 6.20 Å². The van der Waals surface area contributed by atoms with Crippen LogP contribution >= 0.6 is 23.4 Å². The number of nitrogens with zero attached hydrogens (tertiary/aromatic N) is 1. The molecule has 5 heteroatoms. The lowest BCUT2D eigenvalue weighted by Gasteiger charge is -2.37. The van der Waals surface area contributed by atoms with E-state index in [4.69, 9.17) is 11.6 Å². The zero-order valence-corrected chi connectivity index (χ0v) is 9.41. The molecule has 1 aliphatic heterocycles. The van der Waals surface area contributed by atoms with E-state index in [2.05, 4.69) is 16.9 Å². The average Bonchev–Trinajstić information content (AvgIpc) is 2.09. The molecule has 76 valence electrons. The summed E-state index contributed by atoms with van der Waals surface area (Å²) in [6, 6.07) is 0. The van der Waals surface area contributed by atoms with E-state index in [0.29, 0.717) is 5.02 Å². The summed E-state index contributed by atoms with van der Waals surface area (Å²) in [4.78, 5) is 17.3. The predicted octanol–water partition coefficient (Wildman–Crippen LogP) is 1.72. The Kier molecular flexibility index (Phi) is 2.58. The highest BCUT2D eigenvalue weighted by molar-refractivity contribution is 8.00. The van der Waals surface area contributed by atoms with Gasteiger partial charge in [0.05, 0.1) is 10.7 Å². The van der Waals surface area contributed by atoms with E-state index in [9.17, 15) is 4.79 Å². The highest BCUT2D eigenvalue weighted by Crippen LogP contribution is 2.40. The molecule has 1 aliphatic rings. The second-order valence-corrected chi connectivity index (χ2v) is 5.37. The summed E-state index contributed by atoms with van der Waals surface area (Å²) in [5.74, 6) is 2.25. The van der Waals surface area contributed by atoms with Gasteiger partial charge in [-0.3, -0.25) is 0 Å². The fourth-order valence-electron chi connectivity index (χ4n) is 1.50. The van der Waals surface area contributed by atoms with Crippen LogP contribution in [-0.4, -0.2) is 21.5 Å². The van der Waals surface area contributed by atoms with Crippen molar-refractivity contribution in [2.45, 2.75) is 13.3 Å². The summed E-state index contributed by atoms with van der Waals surface area (Å²) in [5.41, 5.74) is 0.674. The van der Waals surface area contributed by atoms with Gasteiger partial charge in [0.1, 0.15) is 0 Å². The van der Waals surface area contributed by atoms with Gasteiger partial charge < -0.3 is 4.98 Å². The fraction of sp³-hybridized carbons (Fsp3) is 0.556. The van der Waals surface area contributed by atoms with Gasteiger partial charge in [-0.15, -0.1) is 0 Å². The van der Waals surface area contributed by atoms with Gasteiger partial charge >= 0.3 is 5.69 Å². The van der Waals surface area contributed by atoms with E-state index in [1.807, 2.05) is 11.8 Å². The molecule has 14 heavy (non-hydrogen) atoms. The molecule has 1 aromatic heterocycles. The normalized spacial score (nSPS) is 19.0. The Hall–Kier alpha value is -0.480. The Morgan fingerprint density at radius 3 is 3.00 bits per heavy atom. The van der Waals surface area contributed by atoms with Crippen LogP contribution in [-0.2, 0) is 6.42 Å². The molecule has 0 unspecified atom stereocenters. The van der Waals surface area contributed by atoms with Gasteiger partial charge in [0, 0.05) is 6.20 Å². The first-order valence-corrected chi connectivity index (χ1v) is 5.94. The summed E-state index contributed by atoms with van der Waals surface area (Å²) in [7, 11) is 0. The molecular formula is C9H11ClN2OS. The molecule has 1 N–H and O–H groups in total. The molecule has 2 rings (SSSR count). The SMILES string of the molecule is CC1(Cc2nc(=O)[nH]cc2Cl)CSC1. The average molecular weight is 231 g/mol. The molecule has 0 saturated carbocycles. The number of H-pyrrole nitrogens is 1. The standard InChI is InChI=1S/C9H11ClN2OS/c1-9(4-14-5-9)2-7-6(10)3-11-8(13)12-7/h3H,2,4-5H2,1H3,(H,11,12,13). The first-order chi connectivity index (χ1) is 6.59. The van der Waals surface area contributed by atoms with Crippen LogP contribution in [0.1, 0.15) is 12.6 Å². The largest absolute Gasteiger partial charge is 0.345 e. The molecule has 0 bridgehead atoms. The van der Waals surface area contributed by atoms with Crippen LogP contribution in [0.15, 0.2) is 11.0 Å². The van der Waals surface area contributed by atoms with E-state index in [0.717, 1.165) is 23.6 Å². The van der Waals surface area contributed by atoms with Crippen molar-refractivity contribution in [3.63, 3.8) is 0 Å². The van der Waals surface area contributed by atoms with Gasteiger partial charge in [-0.1, -0.05) is 18.5 Å². The molecular weight excluding hydrogens is 220 g/mol. The van der Waals surface area contributed by atoms with E-state index >= 15 is 0 Å². The summed E-state index contributed by atoms with van der Waals surface area (Å²) >= 11 is 7.86. The van der Waals surface area contributed by atoms with Crippen molar-refractivity contribution in [3.8, 4) is 0 Å². The van der Waals surface area contributed by atoms with Crippen LogP contribution in [0, 0.1) is 5.41 Å². The zero-order valence-electron chi connectivity index (χ0n) is 7.84. The Bertz CT molecular complexity index is 400. The molecule has 1 aromatic rings. The third kappa shape index (κ3) is 1.96. The van der Waals surface area contributed by atoms with Gasteiger partial charge in [0.2, 0.25) is 0 Å². The van der Waals surface area contributed by atoms with E-state index in [-0.39, 0.29) is 11.1 Å². The first kappa shape index (κ1) is 10.1. The molecule has 0 aliphatic carbocycles. The zero-order chi connectivity index (χ0) is 10.2. The number of rotatable bonds is 2. The molecule has 0 spiro atoms. The summed E-state index contributed by atoms with van der Waals surface area (Å²) in [5, 5.41) is 0.558. The van der Waals surface area contributed by atoms with Crippen LogP contribution in [0.5, 0.6) is 0 Å². The van der Waals surface area contributed by atoms with E-state index < -0.39 is 0 Å². The van der Waals surface area contributed by atoms with Gasteiger partial charge in [0.15, 0.2) is 0 Å². The van der Waals surface area contributed by atoms with Crippen LogP contribution in [0.25, 0.3) is 0 Å². The highest BCUT2D eigenvalue weighted by Gasteiger charge is 2.33. The summed E-state index contributed by atoms with van der Waals surface area (Å²) in [6.07, 6.45) is 2.31. The lowest BCUT2D eigenvalue weighted by Crippen LogP contribution is -2.35. The van der Waals surface area contributed by atoms with Gasteiger partial charge in [0.25, 0.3) is 0 Å². The maximum absolute atomic E-state index is 11.0. The lowest BCUT2D eigenvalue weighted by atomic mass is 9.89.